The van der Waals surface area contributed by atoms with Crippen LogP contribution in [0.15, 0.2) is 52.3 Å². The van der Waals surface area contributed by atoms with Crippen molar-refractivity contribution in [2.75, 3.05) is 16.8 Å². The quantitative estimate of drug-likeness (QED) is 0.0768. The third-order valence-corrected chi connectivity index (χ3v) is 12.3. The first-order valence-corrected chi connectivity index (χ1v) is 21.9. The maximum absolute atomic E-state index is 13.5. The van der Waals surface area contributed by atoms with Crippen molar-refractivity contribution in [2.24, 2.45) is 0 Å². The highest BCUT2D eigenvalue weighted by molar-refractivity contribution is 7.99. The van der Waals surface area contributed by atoms with E-state index in [2.05, 4.69) is 38.1 Å². The van der Waals surface area contributed by atoms with Gasteiger partial charge in [0.1, 0.15) is 15.6 Å². The highest BCUT2D eigenvalue weighted by Crippen LogP contribution is 2.41. The molecule has 2 heterocycles. The number of rotatable bonds is 22. The highest BCUT2D eigenvalue weighted by atomic mass is 32.2. The number of sulfone groups is 1. The molecule has 0 aliphatic heterocycles. The number of carbonyl (C=O) groups excluding carboxylic acids is 1. The summed E-state index contributed by atoms with van der Waals surface area (Å²) >= 11 is 1.53. The van der Waals surface area contributed by atoms with Gasteiger partial charge in [-0.05, 0) is 56.9 Å². The zero-order chi connectivity index (χ0) is 37.7. The van der Waals surface area contributed by atoms with E-state index in [1.165, 1.54) is 56.7 Å². The van der Waals surface area contributed by atoms with E-state index < -0.39 is 15.9 Å². The summed E-state index contributed by atoms with van der Waals surface area (Å²) in [4.78, 5) is 20.2. The number of nitrogens with one attached hydrogen (secondary N) is 2. The first-order valence-electron chi connectivity index (χ1n) is 19.3. The molecule has 4 aromatic rings. The summed E-state index contributed by atoms with van der Waals surface area (Å²) in [6, 6.07) is 13.7. The van der Waals surface area contributed by atoms with Gasteiger partial charge >= 0.3 is 0 Å². The number of carbonyl (C=O) groups is 1. The average molecular weight is 752 g/mol. The minimum absolute atomic E-state index is 0.144. The zero-order valence-corrected chi connectivity index (χ0v) is 34.1. The van der Waals surface area contributed by atoms with Crippen LogP contribution >= 0.6 is 11.8 Å². The number of benzene rings is 2. The minimum Gasteiger partial charge on any atom is -0.480 e. The molecular weight excluding hydrogens is 691 g/mol. The van der Waals surface area contributed by atoms with E-state index in [1.807, 2.05) is 63.2 Å². The number of hydrogen-bond acceptors (Lipinski definition) is 7. The molecule has 0 bridgehead atoms. The number of para-hydroxylation sites is 1. The molecule has 1 amide bonds. The molecule has 52 heavy (non-hydrogen) atoms. The van der Waals surface area contributed by atoms with Crippen LogP contribution in [0, 0.1) is 13.8 Å². The molecule has 9 nitrogen and oxygen atoms in total. The predicted octanol–water partition coefficient (Wildman–Crippen LogP) is 10.2. The number of nitrogens with zero attached hydrogens (tertiary/aromatic N) is 3. The molecule has 0 spiro atoms. The van der Waals surface area contributed by atoms with Gasteiger partial charge in [-0.1, -0.05) is 134 Å². The van der Waals surface area contributed by atoms with Gasteiger partial charge in [0.2, 0.25) is 0 Å². The Balaban J connectivity index is 1.37. The topological polar surface area (TPSA) is 118 Å². The van der Waals surface area contributed by atoms with Crippen LogP contribution in [0.5, 0.6) is 5.75 Å². The number of aryl methyl sites for hydroxylation is 3. The SMILES string of the molecule is CCCCCCCCCCCCS(=O)(=O)CCCc1nc2c(Sc3ccccc3NC(=O)C(CC)Oc3ccc(C)cc3C)c(C(C)(C)C)[nH]n2n1. The van der Waals surface area contributed by atoms with Crippen LogP contribution in [-0.2, 0) is 26.5 Å². The summed E-state index contributed by atoms with van der Waals surface area (Å²) in [5.74, 6) is 1.50. The molecule has 0 saturated carbocycles. The Hall–Kier alpha value is -3.31. The lowest BCUT2D eigenvalue weighted by Gasteiger charge is -2.20. The summed E-state index contributed by atoms with van der Waals surface area (Å²) in [6.45, 7) is 14.6. The average Bonchev–Trinajstić information content (AvgIpc) is 3.64. The van der Waals surface area contributed by atoms with Crippen molar-refractivity contribution in [2.45, 2.75) is 153 Å². The first-order chi connectivity index (χ1) is 24.8. The Morgan fingerprint density at radius 2 is 1.58 bits per heavy atom. The lowest BCUT2D eigenvalue weighted by atomic mass is 9.92. The summed E-state index contributed by atoms with van der Waals surface area (Å²) in [7, 11) is -3.11. The first kappa shape index (κ1) is 41.4. The van der Waals surface area contributed by atoms with Gasteiger partial charge in [-0.3, -0.25) is 9.89 Å². The van der Waals surface area contributed by atoms with E-state index in [9.17, 15) is 13.2 Å². The van der Waals surface area contributed by atoms with Crippen molar-refractivity contribution < 1.29 is 17.9 Å². The molecular formula is C41H61N5O4S2. The fraction of sp³-hybridized carbons (Fsp3) is 0.585. The van der Waals surface area contributed by atoms with Gasteiger partial charge in [-0.25, -0.2) is 13.4 Å². The third kappa shape index (κ3) is 12.4. The Morgan fingerprint density at radius 1 is 0.923 bits per heavy atom. The maximum atomic E-state index is 13.5. The normalized spacial score (nSPS) is 12.8. The number of hydrogen-bond donors (Lipinski definition) is 2. The van der Waals surface area contributed by atoms with Crippen molar-refractivity contribution in [3.8, 4) is 5.75 Å². The van der Waals surface area contributed by atoms with E-state index in [-0.39, 0.29) is 22.8 Å². The second-order valence-corrected chi connectivity index (χ2v) is 18.5. The van der Waals surface area contributed by atoms with Crippen LogP contribution in [0.2, 0.25) is 0 Å². The number of ether oxygens (including phenoxy) is 1. The van der Waals surface area contributed by atoms with Crippen molar-refractivity contribution in [3.63, 3.8) is 0 Å². The fourth-order valence-corrected chi connectivity index (χ4v) is 9.01. The molecule has 0 aliphatic rings. The van der Waals surface area contributed by atoms with Crippen molar-refractivity contribution >= 4 is 38.8 Å². The molecule has 1 atom stereocenters. The molecule has 11 heteroatoms. The number of anilines is 1. The maximum Gasteiger partial charge on any atom is 0.265 e. The molecule has 0 radical (unpaired) electrons. The molecule has 2 aromatic carbocycles. The summed E-state index contributed by atoms with van der Waals surface area (Å²) in [6.07, 6.45) is 12.7. The van der Waals surface area contributed by atoms with E-state index in [1.54, 1.807) is 4.63 Å². The largest absolute Gasteiger partial charge is 0.480 e. The van der Waals surface area contributed by atoms with Crippen LogP contribution in [0.3, 0.4) is 0 Å². The Morgan fingerprint density at radius 3 is 2.23 bits per heavy atom. The van der Waals surface area contributed by atoms with Crippen LogP contribution < -0.4 is 10.1 Å². The summed E-state index contributed by atoms with van der Waals surface area (Å²) in [5.41, 5.74) is 4.25. The number of unbranched alkanes of at least 4 members (excludes halogenated alkanes) is 9. The van der Waals surface area contributed by atoms with E-state index in [4.69, 9.17) is 14.8 Å². The van der Waals surface area contributed by atoms with Crippen LogP contribution in [0.25, 0.3) is 5.65 Å². The standard InChI is InChI=1S/C41H61N5O4S2/c1-8-10-11-12-13-14-15-16-17-20-27-52(48,49)28-21-24-36-43-39-37(38(41(5,6)7)45-46(39)44-36)51-35-23-19-18-22-32(35)42-40(47)33(9-2)50-34-26-25-30(3)29-31(34)4/h18-19,22-23,25-26,29,33,45H,8-17,20-21,24,27-28H2,1-7H3,(H,42,47). The number of amides is 1. The second-order valence-electron chi connectivity index (χ2n) is 15.1. The summed E-state index contributed by atoms with van der Waals surface area (Å²) < 4.78 is 33.4. The number of aromatic amines is 1. The van der Waals surface area contributed by atoms with Crippen molar-refractivity contribution in [3.05, 3.63) is 65.1 Å². The Kier molecular flexibility index (Phi) is 15.7. The second kappa shape index (κ2) is 19.7. The number of fused-ring (bicyclic) bond motifs is 1. The smallest absolute Gasteiger partial charge is 0.265 e. The van der Waals surface area contributed by atoms with E-state index in [0.717, 1.165) is 45.9 Å². The lowest BCUT2D eigenvalue weighted by Crippen LogP contribution is -2.32. The third-order valence-electron chi connectivity index (χ3n) is 9.33. The van der Waals surface area contributed by atoms with E-state index in [0.29, 0.717) is 42.2 Å². The van der Waals surface area contributed by atoms with Crippen molar-refractivity contribution in [1.82, 2.24) is 19.8 Å². The molecule has 0 aliphatic carbocycles. The lowest BCUT2D eigenvalue weighted by molar-refractivity contribution is -0.122. The van der Waals surface area contributed by atoms with Gasteiger partial charge < -0.3 is 10.1 Å². The van der Waals surface area contributed by atoms with Gasteiger partial charge in [0.25, 0.3) is 5.91 Å². The van der Waals surface area contributed by atoms with Gasteiger partial charge in [0.15, 0.2) is 17.6 Å². The predicted molar refractivity (Wildman–Crippen MR) is 215 cm³/mol. The fourth-order valence-electron chi connectivity index (χ4n) is 6.31. The number of H-pyrrole nitrogens is 1. The summed E-state index contributed by atoms with van der Waals surface area (Å²) in [5, 5.41) is 11.3. The van der Waals surface area contributed by atoms with Gasteiger partial charge in [-0.15, -0.1) is 5.10 Å². The molecule has 0 fully saturated rings. The van der Waals surface area contributed by atoms with Gasteiger partial charge in [-0.2, -0.15) is 4.63 Å². The molecule has 4 rings (SSSR count). The minimum atomic E-state index is -3.11. The molecule has 0 saturated heterocycles. The van der Waals surface area contributed by atoms with Crippen molar-refractivity contribution in [1.29, 1.82) is 0 Å². The highest BCUT2D eigenvalue weighted by Gasteiger charge is 2.27. The Labute approximate surface area is 316 Å². The van der Waals surface area contributed by atoms with Crippen LogP contribution in [0.1, 0.15) is 134 Å². The van der Waals surface area contributed by atoms with Crippen LogP contribution in [0.4, 0.5) is 5.69 Å². The van der Waals surface area contributed by atoms with Gasteiger partial charge in [0.05, 0.1) is 27.8 Å². The molecule has 2 aromatic heterocycles. The molecule has 2 N–H and O–H groups in total. The zero-order valence-electron chi connectivity index (χ0n) is 32.5. The Bertz CT molecular complexity index is 1840. The van der Waals surface area contributed by atoms with Crippen LogP contribution in [-0.4, -0.2) is 51.7 Å². The van der Waals surface area contributed by atoms with E-state index >= 15 is 0 Å². The molecule has 286 valence electrons. The molecule has 1 unspecified atom stereocenters. The monoisotopic (exact) mass is 751 g/mol. The number of aromatic nitrogens is 4. The van der Waals surface area contributed by atoms with Gasteiger partial charge in [0, 0.05) is 16.7 Å².